The van der Waals surface area contributed by atoms with Crippen LogP contribution in [0.5, 0.6) is 0 Å². The summed E-state index contributed by atoms with van der Waals surface area (Å²) in [5.41, 5.74) is 0.634. The quantitative estimate of drug-likeness (QED) is 0.768. The Kier molecular flexibility index (Phi) is 5.23. The number of para-hydroxylation sites is 1. The third kappa shape index (κ3) is 3.85. The first-order valence-corrected chi connectivity index (χ1v) is 9.97. The molecule has 1 heterocycles. The van der Waals surface area contributed by atoms with Crippen molar-refractivity contribution in [3.8, 4) is 12.3 Å². The third-order valence-electron chi connectivity index (χ3n) is 3.34. The molecule has 26 heavy (non-hydrogen) atoms. The maximum atomic E-state index is 12.5. The van der Waals surface area contributed by atoms with Crippen LogP contribution in [0.1, 0.15) is 10.4 Å². The van der Waals surface area contributed by atoms with Gasteiger partial charge in [-0.15, -0.1) is 6.42 Å². The fourth-order valence-corrected chi connectivity index (χ4v) is 5.13. The van der Waals surface area contributed by atoms with Crippen LogP contribution in [-0.4, -0.2) is 26.0 Å². The first-order chi connectivity index (χ1) is 12.4. The van der Waals surface area contributed by atoms with Gasteiger partial charge in [0, 0.05) is 10.6 Å². The van der Waals surface area contributed by atoms with Crippen molar-refractivity contribution < 1.29 is 13.2 Å². The summed E-state index contributed by atoms with van der Waals surface area (Å²) in [6, 6.07) is 11.5. The van der Waals surface area contributed by atoms with Gasteiger partial charge in [0.05, 0.1) is 10.6 Å². The number of rotatable bonds is 3. The van der Waals surface area contributed by atoms with Crippen molar-refractivity contribution in [3.63, 3.8) is 0 Å². The number of nitrogens with zero attached hydrogens (tertiary/aromatic N) is 1. The zero-order valence-electron chi connectivity index (χ0n) is 13.2. The molecule has 0 saturated heterocycles. The molecule has 0 aliphatic carbocycles. The lowest BCUT2D eigenvalue weighted by Gasteiger charge is -2.20. The average molecular weight is 406 g/mol. The third-order valence-corrected chi connectivity index (χ3v) is 6.27. The van der Waals surface area contributed by atoms with E-state index in [2.05, 4.69) is 21.0 Å². The number of amides is 1. The van der Waals surface area contributed by atoms with E-state index in [0.29, 0.717) is 10.6 Å². The van der Waals surface area contributed by atoms with Crippen molar-refractivity contribution in [3.05, 3.63) is 53.1 Å². The van der Waals surface area contributed by atoms with E-state index in [1.165, 1.54) is 12.1 Å². The van der Waals surface area contributed by atoms with Gasteiger partial charge in [0.2, 0.25) is 0 Å². The predicted molar refractivity (Wildman–Crippen MR) is 103 cm³/mol. The van der Waals surface area contributed by atoms with E-state index in [9.17, 15) is 13.2 Å². The minimum Gasteiger partial charge on any atom is -0.322 e. The summed E-state index contributed by atoms with van der Waals surface area (Å²) in [7, 11) is -3.88. The lowest BCUT2D eigenvalue weighted by Crippen LogP contribution is -2.33. The second kappa shape index (κ2) is 7.41. The largest absolute Gasteiger partial charge is 0.322 e. The summed E-state index contributed by atoms with van der Waals surface area (Å²) in [6.07, 6.45) is 5.14. The van der Waals surface area contributed by atoms with Gasteiger partial charge in [-0.05, 0) is 24.3 Å². The van der Waals surface area contributed by atoms with Crippen molar-refractivity contribution in [2.24, 2.45) is 4.99 Å². The number of halogens is 1. The Morgan fingerprint density at radius 1 is 1.31 bits per heavy atom. The molecule has 6 nitrogen and oxygen atoms in total. The van der Waals surface area contributed by atoms with Crippen LogP contribution in [0.4, 0.5) is 5.69 Å². The van der Waals surface area contributed by atoms with E-state index in [-0.39, 0.29) is 27.2 Å². The lowest BCUT2D eigenvalue weighted by molar-refractivity contribution is 0.102. The van der Waals surface area contributed by atoms with Crippen molar-refractivity contribution in [1.82, 2.24) is 4.72 Å². The first-order valence-electron chi connectivity index (χ1n) is 7.29. The zero-order valence-corrected chi connectivity index (χ0v) is 15.6. The van der Waals surface area contributed by atoms with Crippen LogP contribution in [0.25, 0.3) is 0 Å². The summed E-state index contributed by atoms with van der Waals surface area (Å²) < 4.78 is 27.3. The number of fused-ring (bicyclic) bond motifs is 1. The number of nitrogens with one attached hydrogen (secondary N) is 2. The minimum absolute atomic E-state index is 0.0373. The number of anilines is 1. The van der Waals surface area contributed by atoms with Crippen molar-refractivity contribution in [2.75, 3.05) is 11.9 Å². The second-order valence-electron chi connectivity index (χ2n) is 5.13. The highest BCUT2D eigenvalue weighted by Crippen LogP contribution is 2.36. The van der Waals surface area contributed by atoms with Crippen molar-refractivity contribution in [2.45, 2.75) is 9.79 Å². The van der Waals surface area contributed by atoms with Gasteiger partial charge in [-0.25, -0.2) is 13.4 Å². The average Bonchev–Trinajstić information content (AvgIpc) is 2.59. The standard InChI is InChI=1S/C17H12ClN3O3S2/c1-2-8-19-17-21-26(23,24)15-9-12(13(18)10-14(15)25-17)16(22)20-11-6-4-3-5-7-11/h1,3-7,9-10H,8H2,(H,19,21)(H,20,22). The molecule has 1 amide bonds. The highest BCUT2D eigenvalue weighted by Gasteiger charge is 2.30. The minimum atomic E-state index is -3.88. The van der Waals surface area contributed by atoms with Crippen LogP contribution in [0.2, 0.25) is 5.02 Å². The van der Waals surface area contributed by atoms with Gasteiger partial charge >= 0.3 is 0 Å². The number of amidine groups is 1. The molecule has 0 spiro atoms. The Labute approximate surface area is 160 Å². The molecule has 3 rings (SSSR count). The van der Waals surface area contributed by atoms with Crippen LogP contribution in [0.15, 0.2) is 57.2 Å². The number of terminal acetylenes is 1. The molecular formula is C17H12ClN3O3S2. The fourth-order valence-electron chi connectivity index (χ4n) is 2.20. The van der Waals surface area contributed by atoms with Crippen LogP contribution in [0.3, 0.4) is 0 Å². The Balaban J connectivity index is 1.97. The van der Waals surface area contributed by atoms with Crippen LogP contribution >= 0.6 is 23.4 Å². The van der Waals surface area contributed by atoms with Crippen molar-refractivity contribution in [1.29, 1.82) is 0 Å². The summed E-state index contributed by atoms with van der Waals surface area (Å²) in [5.74, 6) is 1.81. The van der Waals surface area contributed by atoms with Crippen LogP contribution in [-0.2, 0) is 10.0 Å². The molecule has 0 aromatic heterocycles. The summed E-state index contributed by atoms with van der Waals surface area (Å²) in [5, 5.41) is 2.98. The monoisotopic (exact) mass is 405 g/mol. The van der Waals surface area contributed by atoms with Crippen molar-refractivity contribution >= 4 is 50.1 Å². The SMILES string of the molecule is C#CCN=C1NS(=O)(=O)c2cc(C(=O)Nc3ccccc3)c(Cl)cc2S1. The lowest BCUT2D eigenvalue weighted by atomic mass is 10.2. The second-order valence-corrected chi connectivity index (χ2v) is 8.22. The van der Waals surface area contributed by atoms with Gasteiger partial charge in [0.15, 0.2) is 5.17 Å². The molecular weight excluding hydrogens is 394 g/mol. The number of hydrogen-bond acceptors (Lipinski definition) is 5. The Bertz CT molecular complexity index is 1040. The number of aliphatic imine (C=N–C) groups is 1. The van der Waals surface area contributed by atoms with Crippen LogP contribution < -0.4 is 10.0 Å². The Morgan fingerprint density at radius 2 is 2.04 bits per heavy atom. The zero-order chi connectivity index (χ0) is 18.7. The molecule has 0 unspecified atom stereocenters. The smallest absolute Gasteiger partial charge is 0.264 e. The van der Waals surface area contributed by atoms with Gasteiger partial charge in [0.25, 0.3) is 15.9 Å². The number of carbonyl (C=O) groups is 1. The van der Waals surface area contributed by atoms with Gasteiger partial charge in [-0.3, -0.25) is 9.52 Å². The summed E-state index contributed by atoms with van der Waals surface area (Å²) >= 11 is 7.29. The van der Waals surface area contributed by atoms with E-state index >= 15 is 0 Å². The van der Waals surface area contributed by atoms with E-state index < -0.39 is 15.9 Å². The molecule has 0 saturated carbocycles. The molecule has 1 aliphatic heterocycles. The van der Waals surface area contributed by atoms with E-state index in [4.69, 9.17) is 18.0 Å². The number of sulfonamides is 1. The number of thioether (sulfide) groups is 1. The van der Waals surface area contributed by atoms with Gasteiger partial charge in [-0.1, -0.05) is 47.5 Å². The Hall–Kier alpha value is -2.47. The van der Waals surface area contributed by atoms with E-state index in [1.54, 1.807) is 24.3 Å². The first kappa shape index (κ1) is 18.3. The highest BCUT2D eigenvalue weighted by molar-refractivity contribution is 8.16. The van der Waals surface area contributed by atoms with Gasteiger partial charge < -0.3 is 5.32 Å². The molecule has 1 aliphatic rings. The molecule has 0 radical (unpaired) electrons. The van der Waals surface area contributed by atoms with E-state index in [1.807, 2.05) is 6.07 Å². The number of hydrogen-bond donors (Lipinski definition) is 2. The Morgan fingerprint density at radius 3 is 2.73 bits per heavy atom. The fraction of sp³-hybridized carbons (Fsp3) is 0.0588. The maximum absolute atomic E-state index is 12.5. The molecule has 0 atom stereocenters. The maximum Gasteiger partial charge on any atom is 0.264 e. The number of carbonyl (C=O) groups excluding carboxylic acids is 1. The van der Waals surface area contributed by atoms with Crippen LogP contribution in [0, 0.1) is 12.3 Å². The molecule has 0 bridgehead atoms. The molecule has 2 N–H and O–H groups in total. The summed E-state index contributed by atoms with van der Waals surface area (Å²) in [6.45, 7) is 0.0471. The topological polar surface area (TPSA) is 87.6 Å². The molecule has 2 aromatic rings. The number of benzene rings is 2. The summed E-state index contributed by atoms with van der Waals surface area (Å²) in [4.78, 5) is 16.8. The predicted octanol–water partition coefficient (Wildman–Crippen LogP) is 2.97. The van der Waals surface area contributed by atoms with Gasteiger partial charge in [-0.2, -0.15) is 0 Å². The van der Waals surface area contributed by atoms with E-state index in [0.717, 1.165) is 11.8 Å². The highest BCUT2D eigenvalue weighted by atomic mass is 35.5. The normalized spacial score (nSPS) is 16.2. The molecule has 132 valence electrons. The molecule has 2 aromatic carbocycles. The molecule has 0 fully saturated rings. The molecule has 9 heteroatoms. The van der Waals surface area contributed by atoms with Gasteiger partial charge in [0.1, 0.15) is 11.4 Å².